The molecule has 0 amide bonds. The van der Waals surface area contributed by atoms with Crippen molar-refractivity contribution in [3.63, 3.8) is 0 Å². The molecule has 1 aromatic heterocycles. The lowest BCUT2D eigenvalue weighted by Crippen LogP contribution is -2.12. The maximum Gasteiger partial charge on any atom is 0.0479 e. The summed E-state index contributed by atoms with van der Waals surface area (Å²) in [6, 6.07) is 2.28. The Hall–Kier alpha value is -0.800. The lowest BCUT2D eigenvalue weighted by molar-refractivity contribution is 0.190. The highest BCUT2D eigenvalue weighted by atomic mass is 16.5. The van der Waals surface area contributed by atoms with E-state index < -0.39 is 0 Å². The topological polar surface area (TPSA) is 26.2 Å². The fourth-order valence-electron chi connectivity index (χ4n) is 2.02. The molecule has 16 heavy (non-hydrogen) atoms. The highest BCUT2D eigenvalue weighted by molar-refractivity contribution is 5.26. The minimum atomic E-state index is 0.833. The second-order valence-corrected chi connectivity index (χ2v) is 4.17. The quantitative estimate of drug-likeness (QED) is 0.719. The van der Waals surface area contributed by atoms with Gasteiger partial charge in [-0.05, 0) is 38.4 Å². The largest absolute Gasteiger partial charge is 0.385 e. The highest BCUT2D eigenvalue weighted by Crippen LogP contribution is 2.15. The molecular formula is C13H24N2O. The predicted molar refractivity (Wildman–Crippen MR) is 67.8 cm³/mol. The van der Waals surface area contributed by atoms with E-state index in [-0.39, 0.29) is 0 Å². The normalized spacial score (nSPS) is 11.0. The van der Waals surface area contributed by atoms with Crippen molar-refractivity contribution < 1.29 is 4.74 Å². The van der Waals surface area contributed by atoms with E-state index in [0.29, 0.717) is 0 Å². The fraction of sp³-hybridized carbons (Fsp3) is 0.692. The van der Waals surface area contributed by atoms with Crippen molar-refractivity contribution in [2.24, 2.45) is 0 Å². The van der Waals surface area contributed by atoms with Crippen molar-refractivity contribution >= 4 is 0 Å². The van der Waals surface area contributed by atoms with Crippen molar-refractivity contribution in [2.45, 2.75) is 40.3 Å². The molecule has 0 aromatic carbocycles. The van der Waals surface area contributed by atoms with Gasteiger partial charge in [0.25, 0.3) is 0 Å². The summed E-state index contributed by atoms with van der Waals surface area (Å²) in [6.07, 6.45) is 1.08. The molecule has 0 radical (unpaired) electrons. The minimum absolute atomic E-state index is 0.833. The van der Waals surface area contributed by atoms with Gasteiger partial charge in [0.05, 0.1) is 0 Å². The molecule has 92 valence electrons. The maximum absolute atomic E-state index is 5.09. The monoisotopic (exact) mass is 224 g/mol. The summed E-state index contributed by atoms with van der Waals surface area (Å²) >= 11 is 0. The summed E-state index contributed by atoms with van der Waals surface area (Å²) in [5, 5.41) is 3.38. The van der Waals surface area contributed by atoms with E-state index in [1.165, 1.54) is 17.0 Å². The summed E-state index contributed by atoms with van der Waals surface area (Å²) in [5.41, 5.74) is 4.15. The molecule has 1 N–H and O–H groups in total. The molecule has 1 aromatic rings. The third kappa shape index (κ3) is 3.35. The Kier molecular flexibility index (Phi) is 5.56. The smallest absolute Gasteiger partial charge is 0.0479 e. The van der Waals surface area contributed by atoms with Gasteiger partial charge in [0.1, 0.15) is 0 Å². The second kappa shape index (κ2) is 6.71. The van der Waals surface area contributed by atoms with Crippen LogP contribution in [0.15, 0.2) is 6.07 Å². The van der Waals surface area contributed by atoms with Gasteiger partial charge in [-0.15, -0.1) is 0 Å². The van der Waals surface area contributed by atoms with Crippen LogP contribution in [0.3, 0.4) is 0 Å². The van der Waals surface area contributed by atoms with Crippen molar-refractivity contribution in [1.82, 2.24) is 9.88 Å². The van der Waals surface area contributed by atoms with Crippen LogP contribution in [0.2, 0.25) is 0 Å². The molecule has 3 heteroatoms. The highest BCUT2D eigenvalue weighted by Gasteiger charge is 2.07. The third-order valence-electron chi connectivity index (χ3n) is 2.97. The molecule has 0 aliphatic rings. The number of methoxy groups -OCH3 is 1. The lowest BCUT2D eigenvalue weighted by Gasteiger charge is -2.09. The first-order valence-corrected chi connectivity index (χ1v) is 6.06. The molecule has 0 fully saturated rings. The van der Waals surface area contributed by atoms with E-state index in [1.807, 2.05) is 0 Å². The Morgan fingerprint density at radius 1 is 1.38 bits per heavy atom. The minimum Gasteiger partial charge on any atom is -0.385 e. The Balaban J connectivity index is 2.65. The zero-order chi connectivity index (χ0) is 12.0. The molecule has 0 saturated heterocycles. The Morgan fingerprint density at radius 2 is 2.12 bits per heavy atom. The van der Waals surface area contributed by atoms with E-state index in [2.05, 4.69) is 36.7 Å². The first-order valence-electron chi connectivity index (χ1n) is 6.06. The van der Waals surface area contributed by atoms with Crippen LogP contribution < -0.4 is 5.32 Å². The van der Waals surface area contributed by atoms with Gasteiger partial charge in [-0.3, -0.25) is 0 Å². The average molecular weight is 224 g/mol. The van der Waals surface area contributed by atoms with Crippen molar-refractivity contribution in [1.29, 1.82) is 0 Å². The number of aryl methyl sites for hydroxylation is 1. The van der Waals surface area contributed by atoms with E-state index in [0.717, 1.165) is 32.7 Å². The van der Waals surface area contributed by atoms with Crippen molar-refractivity contribution in [2.75, 3.05) is 20.3 Å². The molecule has 1 heterocycles. The van der Waals surface area contributed by atoms with Crippen LogP contribution >= 0.6 is 0 Å². The summed E-state index contributed by atoms with van der Waals surface area (Å²) < 4.78 is 7.47. The molecule has 0 unspecified atom stereocenters. The van der Waals surface area contributed by atoms with E-state index in [1.54, 1.807) is 7.11 Å². The Bertz CT molecular complexity index is 318. The number of nitrogens with one attached hydrogen (secondary N) is 1. The number of aromatic nitrogens is 1. The zero-order valence-electron chi connectivity index (χ0n) is 11.0. The van der Waals surface area contributed by atoms with Gasteiger partial charge in [0, 0.05) is 38.2 Å². The number of ether oxygens (including phenoxy) is 1. The first kappa shape index (κ1) is 13.3. The maximum atomic E-state index is 5.09. The zero-order valence-corrected chi connectivity index (χ0v) is 11.0. The standard InChI is InChI=1S/C13H24N2O/c1-5-14-10-13-9-11(2)15(12(13)3)7-6-8-16-4/h9,14H,5-8,10H2,1-4H3. The van der Waals surface area contributed by atoms with E-state index in [4.69, 9.17) is 4.74 Å². The van der Waals surface area contributed by atoms with Gasteiger partial charge in [-0.1, -0.05) is 6.92 Å². The second-order valence-electron chi connectivity index (χ2n) is 4.17. The van der Waals surface area contributed by atoms with Crippen LogP contribution in [0.5, 0.6) is 0 Å². The number of hydrogen-bond donors (Lipinski definition) is 1. The van der Waals surface area contributed by atoms with Crippen LogP contribution in [0.4, 0.5) is 0 Å². The molecule has 0 spiro atoms. The van der Waals surface area contributed by atoms with Gasteiger partial charge in [0.15, 0.2) is 0 Å². The summed E-state index contributed by atoms with van der Waals surface area (Å²) in [5.74, 6) is 0. The van der Waals surface area contributed by atoms with E-state index >= 15 is 0 Å². The van der Waals surface area contributed by atoms with Gasteiger partial charge >= 0.3 is 0 Å². The summed E-state index contributed by atoms with van der Waals surface area (Å²) in [6.45, 7) is 10.4. The molecule has 1 rings (SSSR count). The molecular weight excluding hydrogens is 200 g/mol. The predicted octanol–water partition coefficient (Wildman–Crippen LogP) is 2.25. The lowest BCUT2D eigenvalue weighted by atomic mass is 10.2. The molecule has 0 aliphatic heterocycles. The van der Waals surface area contributed by atoms with Crippen LogP contribution in [0, 0.1) is 13.8 Å². The van der Waals surface area contributed by atoms with Gasteiger partial charge in [-0.2, -0.15) is 0 Å². The van der Waals surface area contributed by atoms with Crippen LogP contribution in [0.1, 0.15) is 30.3 Å². The van der Waals surface area contributed by atoms with Crippen molar-refractivity contribution in [3.8, 4) is 0 Å². The van der Waals surface area contributed by atoms with Gasteiger partial charge in [-0.25, -0.2) is 0 Å². The van der Waals surface area contributed by atoms with E-state index in [9.17, 15) is 0 Å². The summed E-state index contributed by atoms with van der Waals surface area (Å²) in [7, 11) is 1.76. The van der Waals surface area contributed by atoms with Crippen LogP contribution in [-0.2, 0) is 17.8 Å². The SMILES string of the molecule is CCNCc1cc(C)n(CCCOC)c1C. The number of nitrogens with zero attached hydrogens (tertiary/aromatic N) is 1. The molecule has 0 bridgehead atoms. The summed E-state index contributed by atoms with van der Waals surface area (Å²) in [4.78, 5) is 0. The number of hydrogen-bond acceptors (Lipinski definition) is 2. The van der Waals surface area contributed by atoms with Crippen LogP contribution in [-0.4, -0.2) is 24.8 Å². The molecule has 0 atom stereocenters. The van der Waals surface area contributed by atoms with Gasteiger partial charge in [0.2, 0.25) is 0 Å². The molecule has 0 aliphatic carbocycles. The molecule has 3 nitrogen and oxygen atoms in total. The fourth-order valence-corrected chi connectivity index (χ4v) is 2.02. The molecule has 0 saturated carbocycles. The van der Waals surface area contributed by atoms with Crippen LogP contribution in [0.25, 0.3) is 0 Å². The third-order valence-corrected chi connectivity index (χ3v) is 2.97. The Morgan fingerprint density at radius 3 is 2.75 bits per heavy atom. The van der Waals surface area contributed by atoms with Gasteiger partial charge < -0.3 is 14.6 Å². The Labute approximate surface area is 98.8 Å². The number of rotatable bonds is 7. The first-order chi connectivity index (χ1) is 7.70. The average Bonchev–Trinajstić information content (AvgIpc) is 2.54. The van der Waals surface area contributed by atoms with Crippen molar-refractivity contribution in [3.05, 3.63) is 23.0 Å².